The molecule has 4 nitrogen and oxygen atoms in total. The fourth-order valence-corrected chi connectivity index (χ4v) is 5.09. The molecule has 1 fully saturated rings. The molecule has 2 heterocycles. The van der Waals surface area contributed by atoms with Gasteiger partial charge in [0.1, 0.15) is 0 Å². The van der Waals surface area contributed by atoms with Crippen molar-refractivity contribution in [1.29, 1.82) is 0 Å². The van der Waals surface area contributed by atoms with Gasteiger partial charge in [0.05, 0.1) is 6.10 Å². The van der Waals surface area contributed by atoms with Crippen LogP contribution in [0.25, 0.3) is 16.8 Å². The van der Waals surface area contributed by atoms with Crippen LogP contribution in [-0.4, -0.2) is 59.3 Å². The van der Waals surface area contributed by atoms with Crippen LogP contribution in [0.5, 0.6) is 0 Å². The van der Waals surface area contributed by atoms with Crippen LogP contribution in [0.2, 0.25) is 0 Å². The van der Waals surface area contributed by atoms with Crippen LogP contribution in [0.1, 0.15) is 23.5 Å². The molecule has 6 heteroatoms. The Balaban J connectivity index is 1.36. The largest absolute Gasteiger partial charge is 0.387 e. The van der Waals surface area contributed by atoms with Gasteiger partial charge in [0.25, 0.3) is 0 Å². The summed E-state index contributed by atoms with van der Waals surface area (Å²) in [6.45, 7) is 4.96. The molecule has 0 bridgehead atoms. The van der Waals surface area contributed by atoms with Crippen LogP contribution >= 0.6 is 23.1 Å². The van der Waals surface area contributed by atoms with Gasteiger partial charge in [-0.1, -0.05) is 24.3 Å². The summed E-state index contributed by atoms with van der Waals surface area (Å²) in [5, 5.41) is 15.4. The van der Waals surface area contributed by atoms with E-state index in [0.29, 0.717) is 13.1 Å². The lowest BCUT2D eigenvalue weighted by Gasteiger charge is -2.39. The first-order valence-corrected chi connectivity index (χ1v) is 12.7. The summed E-state index contributed by atoms with van der Waals surface area (Å²) < 4.78 is 0. The lowest BCUT2D eigenvalue weighted by Crippen LogP contribution is -2.52. The third-order valence-corrected chi connectivity index (χ3v) is 7.57. The molecule has 4 rings (SSSR count). The Morgan fingerprint density at radius 3 is 2.55 bits per heavy atom. The average molecular weight is 453 g/mol. The van der Waals surface area contributed by atoms with Gasteiger partial charge in [-0.15, -0.1) is 23.1 Å². The smallest absolute Gasteiger partial charge is 0.246 e. The minimum atomic E-state index is -0.564. The van der Waals surface area contributed by atoms with Crippen molar-refractivity contribution in [1.82, 2.24) is 9.80 Å². The van der Waals surface area contributed by atoms with E-state index in [4.69, 9.17) is 0 Å². The Bertz CT molecular complexity index is 1060. The van der Waals surface area contributed by atoms with Crippen LogP contribution in [0.15, 0.2) is 64.9 Å². The Labute approximate surface area is 192 Å². The molecule has 1 N–H and O–H groups in total. The Hall–Kier alpha value is -2.12. The first-order chi connectivity index (χ1) is 15.0. The van der Waals surface area contributed by atoms with Crippen molar-refractivity contribution in [2.24, 2.45) is 0 Å². The Morgan fingerprint density at radius 1 is 1.10 bits per heavy atom. The van der Waals surface area contributed by atoms with Gasteiger partial charge < -0.3 is 10.0 Å². The van der Waals surface area contributed by atoms with Crippen LogP contribution in [0.4, 0.5) is 0 Å². The standard InChI is InChI=1S/C25H28N2O2S2/c1-18(25(29)21-6-5-20-17-23(30-2)8-7-19(20)16-21)26-11-13-27(14-12-26)24(28)10-9-22-4-3-15-31-22/h3-10,15-18,25,29H,11-14H2,1-2H3/b10-9+. The van der Waals surface area contributed by atoms with Gasteiger partial charge in [0.2, 0.25) is 5.91 Å². The molecule has 2 unspecified atom stereocenters. The van der Waals surface area contributed by atoms with Gasteiger partial charge in [-0.3, -0.25) is 9.69 Å². The van der Waals surface area contributed by atoms with E-state index in [-0.39, 0.29) is 11.9 Å². The van der Waals surface area contributed by atoms with Gasteiger partial charge >= 0.3 is 0 Å². The molecule has 0 radical (unpaired) electrons. The van der Waals surface area contributed by atoms with Gasteiger partial charge in [-0.25, -0.2) is 0 Å². The van der Waals surface area contributed by atoms with E-state index in [1.807, 2.05) is 34.6 Å². The maximum atomic E-state index is 12.5. The highest BCUT2D eigenvalue weighted by molar-refractivity contribution is 7.98. The summed E-state index contributed by atoms with van der Waals surface area (Å²) >= 11 is 3.36. The van der Waals surface area contributed by atoms with Crippen molar-refractivity contribution in [2.75, 3.05) is 32.4 Å². The van der Waals surface area contributed by atoms with Gasteiger partial charge in [-0.05, 0) is 65.2 Å². The number of aliphatic hydroxyl groups excluding tert-OH is 1. The molecule has 2 aromatic carbocycles. The second-order valence-corrected chi connectivity index (χ2v) is 9.73. The van der Waals surface area contributed by atoms with Gasteiger partial charge in [-0.2, -0.15) is 0 Å². The molecule has 1 saturated heterocycles. The first-order valence-electron chi connectivity index (χ1n) is 10.6. The number of hydrogen-bond acceptors (Lipinski definition) is 5. The SMILES string of the molecule is CSc1ccc2cc(C(O)C(C)N3CCN(C(=O)/C=C/c4cccs4)CC3)ccc2c1. The lowest BCUT2D eigenvalue weighted by atomic mass is 9.98. The number of thiophene rings is 1. The number of thioether (sulfide) groups is 1. The molecule has 162 valence electrons. The van der Waals surface area contributed by atoms with E-state index in [1.54, 1.807) is 29.2 Å². The monoisotopic (exact) mass is 452 g/mol. The predicted octanol–water partition coefficient (Wildman–Crippen LogP) is 4.90. The maximum Gasteiger partial charge on any atom is 0.246 e. The minimum Gasteiger partial charge on any atom is -0.387 e. The molecule has 3 aromatic rings. The van der Waals surface area contributed by atoms with Crippen LogP contribution in [-0.2, 0) is 4.79 Å². The third kappa shape index (κ3) is 5.21. The molecule has 31 heavy (non-hydrogen) atoms. The lowest BCUT2D eigenvalue weighted by molar-refractivity contribution is -0.128. The maximum absolute atomic E-state index is 12.5. The van der Waals surface area contributed by atoms with Crippen LogP contribution in [0.3, 0.4) is 0 Å². The second kappa shape index (κ2) is 10.0. The molecule has 0 aliphatic carbocycles. The normalized spacial score (nSPS) is 17.3. The van der Waals surface area contributed by atoms with Crippen molar-refractivity contribution >= 4 is 45.9 Å². The van der Waals surface area contributed by atoms with E-state index in [1.165, 1.54) is 10.3 Å². The minimum absolute atomic E-state index is 0.0122. The summed E-state index contributed by atoms with van der Waals surface area (Å²) in [7, 11) is 0. The quantitative estimate of drug-likeness (QED) is 0.427. The van der Waals surface area contributed by atoms with Crippen molar-refractivity contribution < 1.29 is 9.90 Å². The first kappa shape index (κ1) is 22.1. The average Bonchev–Trinajstić information content (AvgIpc) is 3.34. The van der Waals surface area contributed by atoms with Crippen molar-refractivity contribution in [3.05, 3.63) is 70.4 Å². The van der Waals surface area contributed by atoms with Crippen LogP contribution < -0.4 is 0 Å². The number of rotatable bonds is 6. The number of piperazine rings is 1. The number of fused-ring (bicyclic) bond motifs is 1. The Morgan fingerprint density at radius 2 is 1.84 bits per heavy atom. The highest BCUT2D eigenvalue weighted by Crippen LogP contribution is 2.28. The summed E-state index contributed by atoms with van der Waals surface area (Å²) in [5.41, 5.74) is 0.939. The van der Waals surface area contributed by atoms with E-state index < -0.39 is 6.10 Å². The molecule has 1 amide bonds. The van der Waals surface area contributed by atoms with Crippen molar-refractivity contribution in [3.8, 4) is 0 Å². The second-order valence-electron chi connectivity index (χ2n) is 7.87. The van der Waals surface area contributed by atoms with Crippen LogP contribution in [0, 0.1) is 0 Å². The zero-order valence-electron chi connectivity index (χ0n) is 17.9. The number of nitrogens with zero attached hydrogens (tertiary/aromatic N) is 2. The number of hydrogen-bond donors (Lipinski definition) is 1. The number of carbonyl (C=O) groups is 1. The molecule has 1 aliphatic heterocycles. The number of amides is 1. The highest BCUT2D eigenvalue weighted by Gasteiger charge is 2.27. The predicted molar refractivity (Wildman–Crippen MR) is 132 cm³/mol. The molecule has 0 saturated carbocycles. The van der Waals surface area contributed by atoms with E-state index >= 15 is 0 Å². The molecule has 0 spiro atoms. The highest BCUT2D eigenvalue weighted by atomic mass is 32.2. The third-order valence-electron chi connectivity index (χ3n) is 6.01. The Kier molecular flexibility index (Phi) is 7.13. The molecule has 1 aromatic heterocycles. The summed E-state index contributed by atoms with van der Waals surface area (Å²) in [6, 6.07) is 16.6. The molecule has 2 atom stereocenters. The summed E-state index contributed by atoms with van der Waals surface area (Å²) in [4.78, 5) is 19.0. The van der Waals surface area contributed by atoms with E-state index in [2.05, 4.69) is 48.4 Å². The number of benzene rings is 2. The fraction of sp³-hybridized carbons (Fsp3) is 0.320. The van der Waals surface area contributed by atoms with Gasteiger partial charge in [0.15, 0.2) is 0 Å². The van der Waals surface area contributed by atoms with E-state index in [9.17, 15) is 9.90 Å². The number of aliphatic hydroxyl groups is 1. The van der Waals surface area contributed by atoms with Crippen molar-refractivity contribution in [3.63, 3.8) is 0 Å². The molecular formula is C25H28N2O2S2. The zero-order valence-corrected chi connectivity index (χ0v) is 19.5. The summed E-state index contributed by atoms with van der Waals surface area (Å²) in [6.07, 6.45) is 5.06. The topological polar surface area (TPSA) is 43.8 Å². The van der Waals surface area contributed by atoms with Gasteiger partial charge in [0, 0.05) is 48.1 Å². The van der Waals surface area contributed by atoms with E-state index in [0.717, 1.165) is 28.9 Å². The van der Waals surface area contributed by atoms with Crippen molar-refractivity contribution in [2.45, 2.75) is 24.0 Å². The summed E-state index contributed by atoms with van der Waals surface area (Å²) in [5.74, 6) is 0.0559. The zero-order chi connectivity index (χ0) is 21.8. The molecular weight excluding hydrogens is 424 g/mol. The number of carbonyl (C=O) groups excluding carboxylic acids is 1. The fourth-order valence-electron chi connectivity index (χ4n) is 4.03. The molecule has 1 aliphatic rings.